The van der Waals surface area contributed by atoms with Gasteiger partial charge in [0.2, 0.25) is 5.95 Å². The summed E-state index contributed by atoms with van der Waals surface area (Å²) >= 11 is 0. The van der Waals surface area contributed by atoms with E-state index in [-0.39, 0.29) is 11.5 Å². The molecule has 0 saturated heterocycles. The number of imidazole rings is 1. The van der Waals surface area contributed by atoms with Crippen LogP contribution >= 0.6 is 0 Å². The Morgan fingerprint density at radius 3 is 2.16 bits per heavy atom. The molecule has 0 unspecified atom stereocenters. The van der Waals surface area contributed by atoms with Crippen LogP contribution in [0.3, 0.4) is 0 Å². The van der Waals surface area contributed by atoms with E-state index in [1.807, 2.05) is 4.57 Å². The molecule has 3 aromatic heterocycles. The van der Waals surface area contributed by atoms with E-state index in [9.17, 15) is 4.79 Å². The van der Waals surface area contributed by atoms with Gasteiger partial charge in [-0.15, -0.1) is 0 Å². The molecule has 0 amide bonds. The molecule has 0 saturated carbocycles. The quantitative estimate of drug-likeness (QED) is 0.126. The van der Waals surface area contributed by atoms with E-state index in [4.69, 9.17) is 5.73 Å². The van der Waals surface area contributed by atoms with Gasteiger partial charge < -0.3 is 19.8 Å². The minimum atomic E-state index is -0.311. The third-order valence-corrected chi connectivity index (χ3v) is 9.78. The van der Waals surface area contributed by atoms with Crippen LogP contribution in [0.1, 0.15) is 38.2 Å². The first-order valence-electron chi connectivity index (χ1n) is 17.8. The van der Waals surface area contributed by atoms with Gasteiger partial charge in [-0.25, -0.2) is 4.98 Å². The molecule has 0 atom stereocenters. The summed E-state index contributed by atoms with van der Waals surface area (Å²) in [5, 5.41) is 2.50. The van der Waals surface area contributed by atoms with E-state index in [1.54, 1.807) is 6.33 Å². The number of aromatic nitrogens is 5. The number of nitrogens with zero attached hydrogens (tertiary/aromatic N) is 5. The number of nitrogens with one attached hydrogen (secondary N) is 1. The highest BCUT2D eigenvalue weighted by Crippen LogP contribution is 2.37. The lowest BCUT2D eigenvalue weighted by Crippen LogP contribution is -2.12. The number of rotatable bonds is 12. The van der Waals surface area contributed by atoms with Crippen LogP contribution in [-0.2, 0) is 19.5 Å². The number of para-hydroxylation sites is 2. The SMILES string of the molecule is CCCCc1ccc(N(c2ccccc2)c2ccc(-c3ccc4c(c3)c3ccccc3n4CCCCn3cnc4c(=O)[nH]c(N)nc43)cc2)cc1. The molecule has 0 bridgehead atoms. The van der Waals surface area contributed by atoms with Crippen LogP contribution in [0.15, 0.2) is 132 Å². The molecule has 0 aliphatic rings. The Bertz CT molecular complexity index is 2490. The van der Waals surface area contributed by atoms with Gasteiger partial charge in [-0.3, -0.25) is 9.78 Å². The summed E-state index contributed by atoms with van der Waals surface area (Å²) in [5.41, 5.74) is 15.9. The molecule has 3 N–H and O–H groups in total. The second kappa shape index (κ2) is 14.0. The zero-order valence-corrected chi connectivity index (χ0v) is 28.8. The standard InChI is InChI=1S/C43H41N7O/c1-2-3-11-30-16-21-34(22-17-30)50(33-12-5-4-6-13-33)35-23-18-31(19-24-35)32-20-25-39-37(28-32)36-14-7-8-15-38(36)49(39)27-10-9-26-48-29-45-40-41(48)46-43(44)47-42(40)51/h4-8,12-25,28-29H,2-3,9-11,26-27H2,1H3,(H3,44,46,47,51). The molecule has 254 valence electrons. The van der Waals surface area contributed by atoms with E-state index < -0.39 is 0 Å². The Balaban J connectivity index is 1.05. The minimum absolute atomic E-state index is 0.104. The lowest BCUT2D eigenvalue weighted by atomic mass is 10.0. The fourth-order valence-corrected chi connectivity index (χ4v) is 7.18. The Hall–Kier alpha value is -6.15. The number of hydrogen-bond acceptors (Lipinski definition) is 5. The molecule has 0 aliphatic carbocycles. The zero-order chi connectivity index (χ0) is 34.7. The number of H-pyrrole nitrogens is 1. The molecule has 8 rings (SSSR count). The van der Waals surface area contributed by atoms with E-state index in [0.717, 1.165) is 42.9 Å². The third-order valence-electron chi connectivity index (χ3n) is 9.78. The molecule has 8 heteroatoms. The summed E-state index contributed by atoms with van der Waals surface area (Å²) in [5.74, 6) is 0.104. The van der Waals surface area contributed by atoms with Crippen LogP contribution < -0.4 is 16.2 Å². The van der Waals surface area contributed by atoms with Crippen molar-refractivity contribution in [2.75, 3.05) is 10.6 Å². The summed E-state index contributed by atoms with van der Waals surface area (Å²) < 4.78 is 4.34. The topological polar surface area (TPSA) is 97.8 Å². The molecule has 0 aliphatic heterocycles. The van der Waals surface area contributed by atoms with Crippen LogP contribution in [0.2, 0.25) is 0 Å². The average Bonchev–Trinajstić information content (AvgIpc) is 3.72. The van der Waals surface area contributed by atoms with Crippen molar-refractivity contribution in [3.05, 3.63) is 144 Å². The molecular formula is C43H41N7O. The minimum Gasteiger partial charge on any atom is -0.369 e. The Morgan fingerprint density at radius 2 is 1.37 bits per heavy atom. The van der Waals surface area contributed by atoms with E-state index in [1.165, 1.54) is 51.3 Å². The van der Waals surface area contributed by atoms with Crippen molar-refractivity contribution < 1.29 is 0 Å². The summed E-state index contributed by atoms with van der Waals surface area (Å²) in [6.07, 6.45) is 7.05. The first-order valence-corrected chi connectivity index (χ1v) is 17.8. The predicted octanol–water partition coefficient (Wildman–Crippen LogP) is 9.77. The molecule has 5 aromatic carbocycles. The smallest absolute Gasteiger partial charge is 0.280 e. The summed E-state index contributed by atoms with van der Waals surface area (Å²) in [6.45, 7) is 3.81. The van der Waals surface area contributed by atoms with Gasteiger partial charge in [0.15, 0.2) is 11.2 Å². The Morgan fingerprint density at radius 1 is 0.706 bits per heavy atom. The first kappa shape index (κ1) is 32.1. The summed E-state index contributed by atoms with van der Waals surface area (Å²) in [7, 11) is 0. The van der Waals surface area contributed by atoms with Gasteiger partial charge in [0.05, 0.1) is 6.33 Å². The lowest BCUT2D eigenvalue weighted by molar-refractivity contribution is 0.572. The fourth-order valence-electron chi connectivity index (χ4n) is 7.18. The number of aryl methyl sites for hydroxylation is 3. The summed E-state index contributed by atoms with van der Waals surface area (Å²) in [6, 6.07) is 44.0. The highest BCUT2D eigenvalue weighted by molar-refractivity contribution is 6.09. The average molecular weight is 672 g/mol. The number of nitrogen functional groups attached to an aromatic ring is 1. The highest BCUT2D eigenvalue weighted by Gasteiger charge is 2.15. The second-order valence-corrected chi connectivity index (χ2v) is 13.2. The molecule has 8 nitrogen and oxygen atoms in total. The van der Waals surface area contributed by atoms with E-state index >= 15 is 0 Å². The van der Waals surface area contributed by atoms with Gasteiger partial charge in [0.25, 0.3) is 5.56 Å². The lowest BCUT2D eigenvalue weighted by Gasteiger charge is -2.26. The maximum Gasteiger partial charge on any atom is 0.280 e. The van der Waals surface area contributed by atoms with Gasteiger partial charge in [0.1, 0.15) is 0 Å². The number of nitrogens with two attached hydrogens (primary N) is 1. The van der Waals surface area contributed by atoms with Crippen LogP contribution in [-0.4, -0.2) is 24.1 Å². The molecule has 0 fully saturated rings. The van der Waals surface area contributed by atoms with Gasteiger partial charge in [-0.2, -0.15) is 4.98 Å². The summed E-state index contributed by atoms with van der Waals surface area (Å²) in [4.78, 5) is 25.6. The van der Waals surface area contributed by atoms with Crippen LogP contribution in [0.5, 0.6) is 0 Å². The molecule has 8 aromatic rings. The first-order chi connectivity index (χ1) is 25.1. The van der Waals surface area contributed by atoms with Crippen LogP contribution in [0, 0.1) is 0 Å². The number of aromatic amines is 1. The maximum absolute atomic E-state index is 12.2. The fraction of sp³-hybridized carbons (Fsp3) is 0.186. The number of benzene rings is 5. The van der Waals surface area contributed by atoms with Gasteiger partial charge in [0, 0.05) is 52.0 Å². The monoisotopic (exact) mass is 671 g/mol. The third kappa shape index (κ3) is 6.36. The zero-order valence-electron chi connectivity index (χ0n) is 28.8. The highest BCUT2D eigenvalue weighted by atomic mass is 16.1. The van der Waals surface area contributed by atoms with Crippen molar-refractivity contribution in [2.24, 2.45) is 0 Å². The Kier molecular flexibility index (Phi) is 8.80. The van der Waals surface area contributed by atoms with Crippen molar-refractivity contribution in [1.29, 1.82) is 0 Å². The van der Waals surface area contributed by atoms with Gasteiger partial charge in [-0.1, -0.05) is 80.1 Å². The van der Waals surface area contributed by atoms with Crippen molar-refractivity contribution in [3.63, 3.8) is 0 Å². The largest absolute Gasteiger partial charge is 0.369 e. The molecular weight excluding hydrogens is 631 g/mol. The van der Waals surface area contributed by atoms with Crippen LogP contribution in [0.4, 0.5) is 23.0 Å². The number of fused-ring (bicyclic) bond motifs is 4. The van der Waals surface area contributed by atoms with E-state index in [2.05, 4.69) is 153 Å². The molecule has 51 heavy (non-hydrogen) atoms. The maximum atomic E-state index is 12.2. The Labute approximate surface area is 296 Å². The van der Waals surface area contributed by atoms with E-state index in [0.29, 0.717) is 17.7 Å². The molecule has 0 spiro atoms. The van der Waals surface area contributed by atoms with Crippen LogP contribution in [0.25, 0.3) is 44.1 Å². The number of anilines is 4. The normalized spacial score (nSPS) is 11.5. The number of hydrogen-bond donors (Lipinski definition) is 2. The van der Waals surface area contributed by atoms with Crippen molar-refractivity contribution in [2.45, 2.75) is 52.1 Å². The van der Waals surface area contributed by atoms with Gasteiger partial charge >= 0.3 is 0 Å². The second-order valence-electron chi connectivity index (χ2n) is 13.2. The van der Waals surface area contributed by atoms with Gasteiger partial charge in [-0.05, 0) is 97.0 Å². The van der Waals surface area contributed by atoms with Crippen molar-refractivity contribution in [3.8, 4) is 11.1 Å². The van der Waals surface area contributed by atoms with Crippen molar-refractivity contribution >= 4 is 56.0 Å². The molecule has 0 radical (unpaired) electrons. The predicted molar refractivity (Wildman–Crippen MR) is 210 cm³/mol. The molecule has 3 heterocycles. The van der Waals surface area contributed by atoms with Crippen molar-refractivity contribution in [1.82, 2.24) is 24.1 Å². The number of unbranched alkanes of at least 4 members (excludes halogenated alkanes) is 2.